The maximum atomic E-state index is 9.96. The minimum absolute atomic E-state index is 0.310. The molecule has 0 aliphatic rings. The lowest BCUT2D eigenvalue weighted by Gasteiger charge is -2.20. The second-order valence-corrected chi connectivity index (χ2v) is 11.0. The summed E-state index contributed by atoms with van der Waals surface area (Å²) in [6, 6.07) is -27.2. The molecule has 10 aromatic rings. The van der Waals surface area contributed by atoms with Crippen molar-refractivity contribution in [1.82, 2.24) is 0 Å². The molecular weight excluding hydrogens is 605 g/mol. The number of rotatable bonds is 4. The Kier molecular flexibility index (Phi) is 2.69. The maximum Gasteiger partial charge on any atom is 0.136 e. The van der Waals surface area contributed by atoms with E-state index in [0.29, 0.717) is 0 Å². The van der Waals surface area contributed by atoms with Gasteiger partial charge in [0.1, 0.15) is 11.2 Å². The van der Waals surface area contributed by atoms with Crippen LogP contribution in [0.1, 0.15) is 45.3 Å². The lowest BCUT2D eigenvalue weighted by molar-refractivity contribution is 0.669. The lowest BCUT2D eigenvalue weighted by Crippen LogP contribution is -1.93. The van der Waals surface area contributed by atoms with Gasteiger partial charge < -0.3 is 4.42 Å². The number of benzene rings is 9. The molecule has 234 valence electrons. The average Bonchev–Trinajstić information content (AvgIpc) is 4.07. The number of hydrogen-bond acceptors (Lipinski definition) is 1. The Bertz CT molecular complexity index is 4480. The van der Waals surface area contributed by atoms with Crippen molar-refractivity contribution in [3.05, 3.63) is 181 Å². The van der Waals surface area contributed by atoms with Crippen LogP contribution in [0, 0.1) is 6.92 Å². The van der Waals surface area contributed by atoms with Gasteiger partial charge in [0.2, 0.25) is 0 Å². The Morgan fingerprint density at radius 1 is 0.380 bits per heavy atom. The van der Waals surface area contributed by atoms with Crippen molar-refractivity contribution in [2.75, 3.05) is 0 Å². The largest absolute Gasteiger partial charge is 0.456 e. The molecule has 0 fully saturated rings. The Labute approximate surface area is 331 Å². The molecule has 0 amide bonds. The highest BCUT2D eigenvalue weighted by Gasteiger charge is 2.23. The zero-order valence-corrected chi connectivity index (χ0v) is 25.4. The van der Waals surface area contributed by atoms with Gasteiger partial charge in [0.25, 0.3) is 0 Å². The zero-order chi connectivity index (χ0) is 58.4. The predicted octanol–water partition coefficient (Wildman–Crippen LogP) is 14.0. The second-order valence-electron chi connectivity index (χ2n) is 11.0. The van der Waals surface area contributed by atoms with Crippen LogP contribution < -0.4 is 0 Å². The van der Waals surface area contributed by atoms with E-state index in [2.05, 4.69) is 0 Å². The van der Waals surface area contributed by atoms with E-state index in [1.807, 2.05) is 0 Å². The van der Waals surface area contributed by atoms with E-state index >= 15 is 0 Å². The molecule has 0 aliphatic heterocycles. The summed E-state index contributed by atoms with van der Waals surface area (Å²) in [6.45, 7) is 1.24. The molecule has 9 aromatic carbocycles. The molecule has 50 heavy (non-hydrogen) atoms. The maximum absolute atomic E-state index is 9.96. The van der Waals surface area contributed by atoms with Crippen molar-refractivity contribution >= 4 is 54.3 Å². The highest BCUT2D eigenvalue weighted by molar-refractivity contribution is 6.27. The molecule has 0 atom stereocenters. The highest BCUT2D eigenvalue weighted by Crippen LogP contribution is 2.49. The number of hydrogen-bond donors (Lipinski definition) is 0. The van der Waals surface area contributed by atoms with Gasteiger partial charge in [-0.1, -0.05) is 157 Å². The van der Waals surface area contributed by atoms with Crippen LogP contribution >= 0.6 is 0 Å². The Balaban J connectivity index is 1.55. The third-order valence-corrected chi connectivity index (χ3v) is 8.32. The fourth-order valence-corrected chi connectivity index (χ4v) is 6.29. The van der Waals surface area contributed by atoms with Crippen LogP contribution in [0.3, 0.4) is 0 Å². The molecule has 1 heterocycles. The van der Waals surface area contributed by atoms with Crippen molar-refractivity contribution in [2.24, 2.45) is 0 Å². The summed E-state index contributed by atoms with van der Waals surface area (Å²) in [6.07, 6.45) is 0. The summed E-state index contributed by atoms with van der Waals surface area (Å²) in [4.78, 5) is 0. The second kappa shape index (κ2) is 11.3. The predicted molar refractivity (Wildman–Crippen MR) is 213 cm³/mol. The molecule has 0 saturated heterocycles. The molecule has 0 radical (unpaired) electrons. The Morgan fingerprint density at radius 3 is 1.68 bits per heavy atom. The van der Waals surface area contributed by atoms with Crippen LogP contribution in [-0.4, -0.2) is 0 Å². The summed E-state index contributed by atoms with van der Waals surface area (Å²) in [5, 5.41) is -5.17. The molecule has 1 nitrogen and oxygen atoms in total. The van der Waals surface area contributed by atoms with Crippen LogP contribution in [0.5, 0.6) is 0 Å². The van der Waals surface area contributed by atoms with E-state index in [1.54, 1.807) is 0 Å². The van der Waals surface area contributed by atoms with Gasteiger partial charge in [-0.2, -0.15) is 0 Å². The standard InChI is InChI=1S/C49H32O/c1-31-28-29-44-49(48-38(26-13-27-43(48)50-44)33-14-3-2-4-15-33)45(31)47-41-23-9-7-21-39(41)46(40-22-8-10-24-42(40)47)35-19-11-18-34(30-35)37-25-12-17-32-16-5-6-20-36(32)37/h2-30H,1H3/i2D,3D,4D,5D,6D,7D,8D,9D,10D,11D,12D,13D,14D,15D,16D,17D,18D,19D,20D,21D,22D,23D,24D,25D,26D,27D,28D,29D,30D. The van der Waals surface area contributed by atoms with Crippen molar-refractivity contribution in [3.8, 4) is 44.5 Å². The van der Waals surface area contributed by atoms with Gasteiger partial charge in [0.05, 0.1) is 39.8 Å². The SMILES string of the molecule is [2H]c1c([2H])c([2H])c(-c2c([2H])c([2H])c([2H])c3oc4c([2H])c([2H])c(C)c(-c5c6c([2H])c([2H])c([2H])c([2H])c6c(-c6c([2H])c([2H])c([2H])c(-c7c([2H])c([2H])c([2H])c8c([2H])c([2H])c([2H])c([2H])c78)c6[2H])c6c([2H])c([2H])c([2H])c([2H])c56)c4c23)c([2H])c1[2H]. The topological polar surface area (TPSA) is 13.1 Å². The van der Waals surface area contributed by atoms with Crippen LogP contribution in [0.25, 0.3) is 98.8 Å². The van der Waals surface area contributed by atoms with Gasteiger partial charge in [0.15, 0.2) is 0 Å². The summed E-state index contributed by atoms with van der Waals surface area (Å²) >= 11 is 0. The first-order chi connectivity index (χ1) is 36.8. The third kappa shape index (κ3) is 4.34. The number of furan rings is 1. The van der Waals surface area contributed by atoms with Crippen LogP contribution in [0.15, 0.2) is 180 Å². The van der Waals surface area contributed by atoms with Crippen LogP contribution in [0.2, 0.25) is 0 Å². The zero-order valence-electron chi connectivity index (χ0n) is 54.4. The Hall–Kier alpha value is -6.44. The van der Waals surface area contributed by atoms with Crippen molar-refractivity contribution in [2.45, 2.75) is 6.92 Å². The monoisotopic (exact) mass is 665 g/mol. The molecule has 0 aliphatic carbocycles. The summed E-state index contributed by atoms with van der Waals surface area (Å²) in [5.41, 5.74) is -7.31. The van der Waals surface area contributed by atoms with Crippen LogP contribution in [0.4, 0.5) is 0 Å². The molecule has 0 saturated carbocycles. The van der Waals surface area contributed by atoms with E-state index in [0.717, 1.165) is 0 Å². The molecule has 0 spiro atoms. The molecular formula is C49H32O. The minimum atomic E-state index is -1.10. The van der Waals surface area contributed by atoms with Crippen molar-refractivity contribution in [3.63, 3.8) is 0 Å². The Morgan fingerprint density at radius 2 is 0.920 bits per heavy atom. The van der Waals surface area contributed by atoms with Gasteiger partial charge in [-0.25, -0.2) is 0 Å². The highest BCUT2D eigenvalue weighted by atomic mass is 16.3. The number of fused-ring (bicyclic) bond motifs is 6. The first kappa shape index (κ1) is 11.9. The van der Waals surface area contributed by atoms with Gasteiger partial charge in [-0.05, 0) is 107 Å². The smallest absolute Gasteiger partial charge is 0.136 e. The van der Waals surface area contributed by atoms with E-state index in [4.69, 9.17) is 29.1 Å². The lowest BCUT2D eigenvalue weighted by atomic mass is 9.83. The van der Waals surface area contributed by atoms with E-state index in [-0.39, 0.29) is 5.56 Å². The fourth-order valence-electron chi connectivity index (χ4n) is 6.29. The normalized spacial score (nSPS) is 19.8. The first-order valence-electron chi connectivity index (χ1n) is 29.4. The van der Waals surface area contributed by atoms with E-state index in [9.17, 15) is 15.1 Å². The third-order valence-electron chi connectivity index (χ3n) is 8.32. The molecule has 0 bridgehead atoms. The molecule has 0 N–H and O–H groups in total. The van der Waals surface area contributed by atoms with Gasteiger partial charge in [-0.3, -0.25) is 0 Å². The van der Waals surface area contributed by atoms with E-state index < -0.39 is 274 Å². The van der Waals surface area contributed by atoms with Gasteiger partial charge in [0, 0.05) is 10.8 Å². The summed E-state index contributed by atoms with van der Waals surface area (Å²) in [7, 11) is 0. The average molecular weight is 666 g/mol. The molecule has 1 aromatic heterocycles. The van der Waals surface area contributed by atoms with Crippen LogP contribution in [-0.2, 0) is 0 Å². The molecule has 1 heteroatoms. The van der Waals surface area contributed by atoms with Gasteiger partial charge in [-0.15, -0.1) is 0 Å². The van der Waals surface area contributed by atoms with Crippen molar-refractivity contribution < 1.29 is 44.2 Å². The molecule has 0 unspecified atom stereocenters. The van der Waals surface area contributed by atoms with Crippen molar-refractivity contribution in [1.29, 1.82) is 0 Å². The van der Waals surface area contributed by atoms with E-state index in [1.165, 1.54) is 6.92 Å². The van der Waals surface area contributed by atoms with Gasteiger partial charge >= 0.3 is 0 Å². The minimum Gasteiger partial charge on any atom is -0.456 e. The quantitative estimate of drug-likeness (QED) is 0.171. The molecule has 10 rings (SSSR count). The summed E-state index contributed by atoms with van der Waals surface area (Å²) < 4.78 is 269. The summed E-state index contributed by atoms with van der Waals surface area (Å²) in [5.74, 6) is 0. The fraction of sp³-hybridized carbons (Fsp3) is 0.0204. The first-order valence-corrected chi connectivity index (χ1v) is 14.9.